The summed E-state index contributed by atoms with van der Waals surface area (Å²) in [5, 5.41) is 7.12. The maximum atomic E-state index is 12.4. The first-order chi connectivity index (χ1) is 10.0. The molecular weight excluding hydrogens is 266 g/mol. The van der Waals surface area contributed by atoms with Gasteiger partial charge in [-0.25, -0.2) is 4.79 Å². The van der Waals surface area contributed by atoms with Crippen molar-refractivity contribution in [3.05, 3.63) is 17.0 Å². The molecule has 118 valence electrons. The van der Waals surface area contributed by atoms with Crippen LogP contribution in [0.4, 0.5) is 4.79 Å². The number of hydrogen-bond donors (Lipinski definition) is 1. The van der Waals surface area contributed by atoms with Crippen molar-refractivity contribution in [2.45, 2.75) is 59.4 Å². The summed E-state index contributed by atoms with van der Waals surface area (Å²) < 4.78 is 5.39. The fourth-order valence-electron chi connectivity index (χ4n) is 2.98. The number of carbonyl (C=O) groups excluding carboxylic acids is 1. The van der Waals surface area contributed by atoms with Gasteiger partial charge < -0.3 is 14.7 Å². The van der Waals surface area contributed by atoms with Crippen LogP contribution in [0.3, 0.4) is 0 Å². The van der Waals surface area contributed by atoms with Crippen molar-refractivity contribution < 1.29 is 9.32 Å². The van der Waals surface area contributed by atoms with E-state index in [9.17, 15) is 4.79 Å². The number of urea groups is 1. The molecule has 0 aliphatic carbocycles. The van der Waals surface area contributed by atoms with Crippen molar-refractivity contribution in [1.29, 1.82) is 0 Å². The Balaban J connectivity index is 2.06. The number of hydrogen-bond acceptors (Lipinski definition) is 3. The fourth-order valence-corrected chi connectivity index (χ4v) is 2.98. The summed E-state index contributed by atoms with van der Waals surface area (Å²) >= 11 is 0. The van der Waals surface area contributed by atoms with Gasteiger partial charge in [0.1, 0.15) is 5.76 Å². The molecule has 1 N–H and O–H groups in total. The molecule has 5 nitrogen and oxygen atoms in total. The van der Waals surface area contributed by atoms with Crippen LogP contribution in [0.1, 0.15) is 63.1 Å². The number of carbonyl (C=O) groups is 1. The minimum absolute atomic E-state index is 0.0424. The van der Waals surface area contributed by atoms with Gasteiger partial charge in [-0.3, -0.25) is 0 Å². The van der Waals surface area contributed by atoms with Crippen molar-refractivity contribution in [2.75, 3.05) is 13.1 Å². The Labute approximate surface area is 127 Å². The second-order valence-electron chi connectivity index (χ2n) is 6.22. The molecular formula is C16H27N3O2. The summed E-state index contributed by atoms with van der Waals surface area (Å²) in [6.45, 7) is 9.91. The molecule has 0 radical (unpaired) electrons. The van der Waals surface area contributed by atoms with Crippen molar-refractivity contribution in [3.63, 3.8) is 0 Å². The number of rotatable bonds is 5. The largest absolute Gasteiger partial charge is 0.361 e. The highest BCUT2D eigenvalue weighted by Gasteiger charge is 2.34. The number of aryl methyl sites for hydroxylation is 2. The van der Waals surface area contributed by atoms with Gasteiger partial charge in [0.05, 0.1) is 11.7 Å². The molecule has 2 heterocycles. The monoisotopic (exact) mass is 293 g/mol. The minimum Gasteiger partial charge on any atom is -0.361 e. The molecule has 0 saturated carbocycles. The van der Waals surface area contributed by atoms with E-state index in [-0.39, 0.29) is 12.1 Å². The number of amides is 2. The molecule has 1 aliphatic rings. The molecule has 0 unspecified atom stereocenters. The van der Waals surface area contributed by atoms with E-state index in [0.29, 0.717) is 5.92 Å². The van der Waals surface area contributed by atoms with E-state index in [1.165, 1.54) is 0 Å². The molecule has 1 aromatic heterocycles. The Morgan fingerprint density at radius 1 is 1.52 bits per heavy atom. The molecule has 0 aromatic carbocycles. The number of likely N-dealkylation sites (tertiary alicyclic amines) is 1. The van der Waals surface area contributed by atoms with Crippen LogP contribution >= 0.6 is 0 Å². The molecule has 1 aromatic rings. The molecule has 21 heavy (non-hydrogen) atoms. The third-order valence-electron chi connectivity index (χ3n) is 4.15. The van der Waals surface area contributed by atoms with Crippen LogP contribution in [0.5, 0.6) is 0 Å². The van der Waals surface area contributed by atoms with Crippen LogP contribution in [0, 0.1) is 12.8 Å². The van der Waals surface area contributed by atoms with Crippen LogP contribution < -0.4 is 5.32 Å². The van der Waals surface area contributed by atoms with Crippen molar-refractivity contribution in [3.8, 4) is 0 Å². The van der Waals surface area contributed by atoms with E-state index in [0.717, 1.165) is 55.8 Å². The van der Waals surface area contributed by atoms with Gasteiger partial charge in [-0.05, 0) is 32.1 Å². The van der Waals surface area contributed by atoms with E-state index in [1.807, 2.05) is 11.8 Å². The Morgan fingerprint density at radius 3 is 2.95 bits per heavy atom. The molecule has 2 amide bonds. The summed E-state index contributed by atoms with van der Waals surface area (Å²) in [6.07, 6.45) is 3.86. The lowest BCUT2D eigenvalue weighted by molar-refractivity contribution is 0.192. The normalized spacial score (nSPS) is 18.5. The fraction of sp³-hybridized carbons (Fsp3) is 0.750. The predicted octanol–water partition coefficient (Wildman–Crippen LogP) is 3.44. The summed E-state index contributed by atoms with van der Waals surface area (Å²) in [6, 6.07) is 0.158. The zero-order valence-corrected chi connectivity index (χ0v) is 13.6. The molecule has 0 spiro atoms. The molecule has 1 atom stereocenters. The highest BCUT2D eigenvalue weighted by atomic mass is 16.5. The first-order valence-electron chi connectivity index (χ1n) is 8.04. The first kappa shape index (κ1) is 15.9. The summed E-state index contributed by atoms with van der Waals surface area (Å²) in [4.78, 5) is 14.4. The van der Waals surface area contributed by atoms with E-state index < -0.39 is 0 Å². The minimum atomic E-state index is 0.0424. The third kappa shape index (κ3) is 3.57. The van der Waals surface area contributed by atoms with Crippen molar-refractivity contribution in [1.82, 2.24) is 15.4 Å². The maximum absolute atomic E-state index is 12.4. The van der Waals surface area contributed by atoms with Crippen LogP contribution in [-0.4, -0.2) is 29.2 Å². The number of nitrogens with one attached hydrogen (secondary N) is 1. The third-order valence-corrected chi connectivity index (χ3v) is 4.15. The van der Waals surface area contributed by atoms with Gasteiger partial charge in [-0.2, -0.15) is 0 Å². The highest BCUT2D eigenvalue weighted by molar-refractivity contribution is 5.75. The first-order valence-corrected chi connectivity index (χ1v) is 8.04. The van der Waals surface area contributed by atoms with Crippen LogP contribution in [-0.2, 0) is 6.42 Å². The predicted molar refractivity (Wildman–Crippen MR) is 82.2 cm³/mol. The highest BCUT2D eigenvalue weighted by Crippen LogP contribution is 2.35. The second-order valence-corrected chi connectivity index (χ2v) is 6.22. The molecule has 2 rings (SSSR count). The van der Waals surface area contributed by atoms with Crippen LogP contribution in [0.25, 0.3) is 0 Å². The Hall–Kier alpha value is -1.52. The van der Waals surface area contributed by atoms with Gasteiger partial charge in [-0.1, -0.05) is 25.9 Å². The quantitative estimate of drug-likeness (QED) is 0.904. The lowest BCUT2D eigenvalue weighted by Crippen LogP contribution is -2.40. The lowest BCUT2D eigenvalue weighted by atomic mass is 10.0. The van der Waals surface area contributed by atoms with Gasteiger partial charge in [0, 0.05) is 25.1 Å². The SMILES string of the molecule is CCc1onc(C)c1[C@@H]1CCCN1C(=O)NCCC(C)C. The Kier molecular flexibility index (Phi) is 5.26. The van der Waals surface area contributed by atoms with Gasteiger partial charge in [0.15, 0.2) is 0 Å². The van der Waals surface area contributed by atoms with Gasteiger partial charge in [0.25, 0.3) is 0 Å². The number of aromatic nitrogens is 1. The topological polar surface area (TPSA) is 58.4 Å². The zero-order valence-electron chi connectivity index (χ0n) is 13.6. The molecule has 5 heteroatoms. The summed E-state index contributed by atoms with van der Waals surface area (Å²) in [5.74, 6) is 1.52. The Morgan fingerprint density at radius 2 is 2.29 bits per heavy atom. The molecule has 0 bridgehead atoms. The summed E-state index contributed by atoms with van der Waals surface area (Å²) in [5.41, 5.74) is 2.03. The maximum Gasteiger partial charge on any atom is 0.317 e. The van der Waals surface area contributed by atoms with Gasteiger partial charge in [0.2, 0.25) is 0 Å². The lowest BCUT2D eigenvalue weighted by Gasteiger charge is -2.25. The second kappa shape index (κ2) is 6.96. The molecule has 1 saturated heterocycles. The molecule has 1 fully saturated rings. The number of nitrogens with zero attached hydrogens (tertiary/aromatic N) is 2. The van der Waals surface area contributed by atoms with E-state index in [2.05, 4.69) is 31.2 Å². The van der Waals surface area contributed by atoms with Gasteiger partial charge in [-0.15, -0.1) is 0 Å². The average Bonchev–Trinajstić information content (AvgIpc) is 3.03. The van der Waals surface area contributed by atoms with Crippen molar-refractivity contribution in [2.24, 2.45) is 5.92 Å². The van der Waals surface area contributed by atoms with Crippen molar-refractivity contribution >= 4 is 6.03 Å². The molecule has 1 aliphatic heterocycles. The smallest absolute Gasteiger partial charge is 0.317 e. The van der Waals surface area contributed by atoms with E-state index in [4.69, 9.17) is 4.52 Å². The Bertz CT molecular complexity index is 482. The van der Waals surface area contributed by atoms with Gasteiger partial charge >= 0.3 is 6.03 Å². The van der Waals surface area contributed by atoms with E-state index in [1.54, 1.807) is 0 Å². The van der Waals surface area contributed by atoms with E-state index >= 15 is 0 Å². The van der Waals surface area contributed by atoms with Crippen LogP contribution in [0.2, 0.25) is 0 Å². The summed E-state index contributed by atoms with van der Waals surface area (Å²) in [7, 11) is 0. The standard InChI is InChI=1S/C16H27N3O2/c1-5-14-15(12(4)18-21-14)13-7-6-10-19(13)16(20)17-9-8-11(2)3/h11,13H,5-10H2,1-4H3,(H,17,20)/t13-/m0/s1. The average molecular weight is 293 g/mol. The van der Waals surface area contributed by atoms with Crippen LogP contribution in [0.15, 0.2) is 4.52 Å². The zero-order chi connectivity index (χ0) is 15.4.